The second kappa shape index (κ2) is 14.8. The van der Waals surface area contributed by atoms with Crippen molar-refractivity contribution in [2.45, 2.75) is 64.1 Å². The zero-order valence-corrected chi connectivity index (χ0v) is 26.8. The fourth-order valence-electron chi connectivity index (χ4n) is 4.40. The Balaban J connectivity index is 2.14. The third-order valence-electron chi connectivity index (χ3n) is 7.02. The van der Waals surface area contributed by atoms with E-state index in [0.717, 1.165) is 9.87 Å². The maximum Gasteiger partial charge on any atom is 0.264 e. The third-order valence-corrected chi connectivity index (χ3v) is 9.50. The lowest BCUT2D eigenvalue weighted by molar-refractivity contribution is -0.140. The number of sulfonamides is 1. The number of nitrogens with one attached hydrogen (secondary N) is 1. The van der Waals surface area contributed by atoms with Crippen LogP contribution >= 0.6 is 23.2 Å². The van der Waals surface area contributed by atoms with Gasteiger partial charge in [-0.2, -0.15) is 0 Å². The number of anilines is 1. The van der Waals surface area contributed by atoms with Gasteiger partial charge >= 0.3 is 0 Å². The number of carbonyl (C=O) groups excluding carboxylic acids is 2. The van der Waals surface area contributed by atoms with Crippen LogP contribution in [0, 0.1) is 6.92 Å². The Morgan fingerprint density at radius 3 is 2.12 bits per heavy atom. The second-order valence-electron chi connectivity index (χ2n) is 9.96. The normalized spacial score (nSPS) is 12.7. The summed E-state index contributed by atoms with van der Waals surface area (Å²) in [5.41, 5.74) is 1.52. The van der Waals surface area contributed by atoms with Crippen LogP contribution in [0.15, 0.2) is 71.6 Å². The highest BCUT2D eigenvalue weighted by Gasteiger charge is 2.35. The van der Waals surface area contributed by atoms with Crippen molar-refractivity contribution in [3.8, 4) is 5.75 Å². The van der Waals surface area contributed by atoms with Crippen LogP contribution in [0.5, 0.6) is 5.75 Å². The molecule has 226 valence electrons. The first kappa shape index (κ1) is 33.2. The first-order chi connectivity index (χ1) is 19.9. The highest BCUT2D eigenvalue weighted by atomic mass is 35.5. The minimum atomic E-state index is -4.24. The molecule has 3 aromatic carbocycles. The minimum absolute atomic E-state index is 0.00839. The fourth-order valence-corrected chi connectivity index (χ4v) is 6.34. The molecular weight excluding hydrogens is 597 g/mol. The summed E-state index contributed by atoms with van der Waals surface area (Å²) in [7, 11) is -2.82. The van der Waals surface area contributed by atoms with Crippen LogP contribution in [-0.4, -0.2) is 50.9 Å². The average Bonchev–Trinajstić information content (AvgIpc) is 2.97. The number of hydrogen-bond acceptors (Lipinski definition) is 5. The molecule has 0 saturated heterocycles. The highest BCUT2D eigenvalue weighted by Crippen LogP contribution is 2.33. The molecule has 0 aromatic heterocycles. The van der Waals surface area contributed by atoms with Gasteiger partial charge in [0, 0.05) is 28.2 Å². The van der Waals surface area contributed by atoms with Crippen LogP contribution < -0.4 is 14.4 Å². The molecule has 11 heteroatoms. The van der Waals surface area contributed by atoms with Gasteiger partial charge in [-0.25, -0.2) is 8.42 Å². The van der Waals surface area contributed by atoms with E-state index in [1.165, 1.54) is 24.1 Å². The van der Waals surface area contributed by atoms with Crippen molar-refractivity contribution in [2.75, 3.05) is 18.0 Å². The Labute approximate surface area is 258 Å². The number of methoxy groups -OCH3 is 1. The molecule has 42 heavy (non-hydrogen) atoms. The summed E-state index contributed by atoms with van der Waals surface area (Å²) in [4.78, 5) is 29.0. The van der Waals surface area contributed by atoms with Crippen LogP contribution in [0.2, 0.25) is 10.0 Å². The van der Waals surface area contributed by atoms with E-state index < -0.39 is 28.5 Å². The number of hydrogen-bond donors (Lipinski definition) is 1. The molecule has 0 heterocycles. The molecule has 0 unspecified atom stereocenters. The van der Waals surface area contributed by atoms with Crippen molar-refractivity contribution < 1.29 is 22.7 Å². The van der Waals surface area contributed by atoms with Crippen LogP contribution in [0.1, 0.15) is 44.7 Å². The number of ether oxygens (including phenoxy) is 1. The highest BCUT2D eigenvalue weighted by molar-refractivity contribution is 7.92. The van der Waals surface area contributed by atoms with Crippen molar-refractivity contribution >= 4 is 50.7 Å². The summed E-state index contributed by atoms with van der Waals surface area (Å²) >= 11 is 12.9. The topological polar surface area (TPSA) is 96.0 Å². The first-order valence-corrected chi connectivity index (χ1v) is 15.9. The van der Waals surface area contributed by atoms with Gasteiger partial charge in [-0.15, -0.1) is 0 Å². The number of carbonyl (C=O) groups is 2. The molecular formula is C31H37Cl2N3O5S. The molecule has 0 fully saturated rings. The Morgan fingerprint density at radius 2 is 1.55 bits per heavy atom. The molecule has 2 atom stereocenters. The summed E-state index contributed by atoms with van der Waals surface area (Å²) in [6, 6.07) is 16.9. The standard InChI is InChI=1S/C31H37Cl2N3O5S/c1-6-22(4)34-31(38)27(7-2)35(19-24-25(32)11-10-12-26(24)33)30(37)20-36(28-13-8-9-14-29(28)41-5)42(39,40)23-17-15-21(3)16-18-23/h8-18,22,27H,6-7,19-20H2,1-5H3,(H,34,38)/t22-,27+/m0/s1. The smallest absolute Gasteiger partial charge is 0.264 e. The molecule has 0 bridgehead atoms. The number of amides is 2. The second-order valence-corrected chi connectivity index (χ2v) is 12.6. The van der Waals surface area contributed by atoms with Gasteiger partial charge in [-0.3, -0.25) is 13.9 Å². The minimum Gasteiger partial charge on any atom is -0.495 e. The maximum atomic E-state index is 14.3. The summed E-state index contributed by atoms with van der Waals surface area (Å²) in [6.07, 6.45) is 0.971. The van der Waals surface area contributed by atoms with E-state index in [0.29, 0.717) is 22.0 Å². The largest absolute Gasteiger partial charge is 0.495 e. The SMILES string of the molecule is CC[C@H](C(=O)N[C@@H](C)CC)N(Cc1c(Cl)cccc1Cl)C(=O)CN(c1ccccc1OC)S(=O)(=O)c1ccc(C)cc1. The Bertz CT molecular complexity index is 1480. The molecule has 0 saturated carbocycles. The van der Waals surface area contributed by atoms with E-state index in [2.05, 4.69) is 5.32 Å². The molecule has 8 nitrogen and oxygen atoms in total. The Morgan fingerprint density at radius 1 is 0.929 bits per heavy atom. The predicted molar refractivity (Wildman–Crippen MR) is 168 cm³/mol. The molecule has 0 aliphatic rings. The van der Waals surface area contributed by atoms with E-state index in [1.807, 2.05) is 20.8 Å². The van der Waals surface area contributed by atoms with Crippen molar-refractivity contribution in [3.63, 3.8) is 0 Å². The number of aryl methyl sites for hydroxylation is 1. The van der Waals surface area contributed by atoms with Gasteiger partial charge in [0.25, 0.3) is 10.0 Å². The lowest BCUT2D eigenvalue weighted by atomic mass is 10.1. The monoisotopic (exact) mass is 633 g/mol. The molecule has 0 aliphatic heterocycles. The van der Waals surface area contributed by atoms with Gasteiger partial charge in [0.15, 0.2) is 0 Å². The van der Waals surface area contributed by atoms with Gasteiger partial charge in [-0.1, -0.05) is 72.9 Å². The molecule has 0 aliphatic carbocycles. The van der Waals surface area contributed by atoms with Crippen molar-refractivity contribution in [2.24, 2.45) is 0 Å². The van der Waals surface area contributed by atoms with Crippen LogP contribution in [0.4, 0.5) is 5.69 Å². The number of nitrogens with zero attached hydrogens (tertiary/aromatic N) is 2. The van der Waals surface area contributed by atoms with Gasteiger partial charge < -0.3 is 15.0 Å². The summed E-state index contributed by atoms with van der Waals surface area (Å²) in [6.45, 7) is 6.75. The molecule has 2 amide bonds. The zero-order chi connectivity index (χ0) is 31.0. The van der Waals surface area contributed by atoms with E-state index in [9.17, 15) is 18.0 Å². The van der Waals surface area contributed by atoms with Gasteiger partial charge in [0.05, 0.1) is 17.7 Å². The molecule has 0 radical (unpaired) electrons. The van der Waals surface area contributed by atoms with Crippen molar-refractivity contribution in [3.05, 3.63) is 87.9 Å². The van der Waals surface area contributed by atoms with Crippen LogP contribution in [-0.2, 0) is 26.2 Å². The Hall–Kier alpha value is -3.27. The van der Waals surface area contributed by atoms with Gasteiger partial charge in [0.2, 0.25) is 11.8 Å². The van der Waals surface area contributed by atoms with Gasteiger partial charge in [0.1, 0.15) is 18.3 Å². The van der Waals surface area contributed by atoms with Crippen molar-refractivity contribution in [1.82, 2.24) is 10.2 Å². The van der Waals surface area contributed by atoms with E-state index in [-0.39, 0.29) is 41.2 Å². The van der Waals surface area contributed by atoms with Crippen LogP contribution in [0.3, 0.4) is 0 Å². The average molecular weight is 635 g/mol. The number of rotatable bonds is 13. The number of para-hydroxylation sites is 2. The predicted octanol–water partition coefficient (Wildman–Crippen LogP) is 6.23. The van der Waals surface area contributed by atoms with E-state index in [4.69, 9.17) is 27.9 Å². The van der Waals surface area contributed by atoms with Crippen molar-refractivity contribution in [1.29, 1.82) is 0 Å². The van der Waals surface area contributed by atoms with Crippen LogP contribution in [0.25, 0.3) is 0 Å². The molecule has 1 N–H and O–H groups in total. The number of benzene rings is 3. The fraction of sp³-hybridized carbons (Fsp3) is 0.355. The number of halogens is 2. The van der Waals surface area contributed by atoms with Gasteiger partial charge in [-0.05, 0) is 63.1 Å². The summed E-state index contributed by atoms with van der Waals surface area (Å²) in [5, 5.41) is 3.60. The third kappa shape index (κ3) is 7.76. The lowest BCUT2D eigenvalue weighted by Crippen LogP contribution is -2.53. The first-order valence-electron chi connectivity index (χ1n) is 13.7. The zero-order valence-electron chi connectivity index (χ0n) is 24.4. The van der Waals surface area contributed by atoms with E-state index in [1.54, 1.807) is 61.5 Å². The Kier molecular flexibility index (Phi) is 11.7. The quantitative estimate of drug-likeness (QED) is 0.241. The lowest BCUT2D eigenvalue weighted by Gasteiger charge is -2.34. The molecule has 3 rings (SSSR count). The summed E-state index contributed by atoms with van der Waals surface area (Å²) < 4.78 is 34.6. The molecule has 3 aromatic rings. The maximum absolute atomic E-state index is 14.3. The molecule has 0 spiro atoms. The summed E-state index contributed by atoms with van der Waals surface area (Å²) in [5.74, 6) is -0.699. The van der Waals surface area contributed by atoms with E-state index >= 15 is 0 Å².